The van der Waals surface area contributed by atoms with E-state index in [9.17, 15) is 8.42 Å². The van der Waals surface area contributed by atoms with Gasteiger partial charge in [-0.05, 0) is 18.2 Å². The molecule has 0 amide bonds. The Balaban J connectivity index is 2.28. The molecule has 1 heterocycles. The van der Waals surface area contributed by atoms with Gasteiger partial charge in [-0.15, -0.1) is 0 Å². The van der Waals surface area contributed by atoms with Crippen molar-refractivity contribution in [2.75, 3.05) is 0 Å². The Hall–Kier alpha value is -2.48. The van der Waals surface area contributed by atoms with E-state index >= 15 is 0 Å². The average Bonchev–Trinajstić information content (AvgIpc) is 2.99. The van der Waals surface area contributed by atoms with Crippen LogP contribution in [0.4, 0.5) is 0 Å². The first kappa shape index (κ1) is 15.4. The standard InChI is InChI=1S/C16H16N4O2S/c17-11-13-10-15(12-6-2-1-3-7-12)20(19-13)14-8-4-5-9-16(14)23(18,21)22/h1-10H,11,17H2,(H2,18,21,22). The molecular formula is C16H16N4O2S. The lowest BCUT2D eigenvalue weighted by molar-refractivity contribution is 0.596. The van der Waals surface area contributed by atoms with Crippen molar-refractivity contribution in [3.05, 3.63) is 66.4 Å². The Labute approximate surface area is 134 Å². The minimum absolute atomic E-state index is 0.0175. The number of benzene rings is 2. The summed E-state index contributed by atoms with van der Waals surface area (Å²) in [5.74, 6) is 0. The summed E-state index contributed by atoms with van der Waals surface area (Å²) in [4.78, 5) is 0.0175. The van der Waals surface area contributed by atoms with Crippen LogP contribution in [0.2, 0.25) is 0 Å². The van der Waals surface area contributed by atoms with Crippen molar-refractivity contribution in [3.63, 3.8) is 0 Å². The van der Waals surface area contributed by atoms with Gasteiger partial charge in [0.15, 0.2) is 0 Å². The second kappa shape index (κ2) is 5.96. The predicted molar refractivity (Wildman–Crippen MR) is 88.3 cm³/mol. The zero-order valence-corrected chi connectivity index (χ0v) is 13.1. The number of nitrogens with zero attached hydrogens (tertiary/aromatic N) is 2. The molecule has 0 unspecified atom stereocenters. The fourth-order valence-electron chi connectivity index (χ4n) is 2.40. The Kier molecular flexibility index (Phi) is 3.99. The summed E-state index contributed by atoms with van der Waals surface area (Å²) in [5, 5.41) is 9.75. The summed E-state index contributed by atoms with van der Waals surface area (Å²) in [5.41, 5.74) is 8.41. The lowest BCUT2D eigenvalue weighted by Crippen LogP contribution is -2.16. The van der Waals surface area contributed by atoms with E-state index in [4.69, 9.17) is 10.9 Å². The number of nitrogens with two attached hydrogens (primary N) is 2. The minimum atomic E-state index is -3.87. The third kappa shape index (κ3) is 3.02. The first-order valence-corrected chi connectivity index (χ1v) is 8.52. The lowest BCUT2D eigenvalue weighted by atomic mass is 10.1. The first-order valence-electron chi connectivity index (χ1n) is 6.97. The number of sulfonamides is 1. The van der Waals surface area contributed by atoms with Crippen LogP contribution in [0.25, 0.3) is 16.9 Å². The lowest BCUT2D eigenvalue weighted by Gasteiger charge is -2.11. The van der Waals surface area contributed by atoms with Crippen LogP contribution in [0, 0.1) is 0 Å². The molecule has 2 aromatic carbocycles. The molecule has 0 aliphatic heterocycles. The Morgan fingerprint density at radius 1 is 1.00 bits per heavy atom. The molecule has 0 fully saturated rings. The fraction of sp³-hybridized carbons (Fsp3) is 0.0625. The summed E-state index contributed by atoms with van der Waals surface area (Å²) in [7, 11) is -3.87. The van der Waals surface area contributed by atoms with E-state index in [0.717, 1.165) is 11.3 Å². The van der Waals surface area contributed by atoms with Crippen molar-refractivity contribution in [2.45, 2.75) is 11.4 Å². The molecule has 0 atom stereocenters. The third-order valence-electron chi connectivity index (χ3n) is 3.44. The van der Waals surface area contributed by atoms with Gasteiger partial charge >= 0.3 is 0 Å². The highest BCUT2D eigenvalue weighted by Gasteiger charge is 2.18. The molecule has 7 heteroatoms. The summed E-state index contributed by atoms with van der Waals surface area (Å²) >= 11 is 0. The van der Waals surface area contributed by atoms with Gasteiger partial charge in [0.05, 0.1) is 17.1 Å². The van der Waals surface area contributed by atoms with Crippen molar-refractivity contribution in [1.82, 2.24) is 9.78 Å². The maximum Gasteiger partial charge on any atom is 0.240 e. The van der Waals surface area contributed by atoms with Gasteiger partial charge in [-0.25, -0.2) is 18.2 Å². The molecule has 0 aliphatic rings. The molecule has 1 aromatic heterocycles. The molecule has 0 spiro atoms. The largest absolute Gasteiger partial charge is 0.325 e. The number of hydrogen-bond acceptors (Lipinski definition) is 4. The highest BCUT2D eigenvalue weighted by atomic mass is 32.2. The van der Waals surface area contributed by atoms with Crippen LogP contribution in [0.1, 0.15) is 5.69 Å². The quantitative estimate of drug-likeness (QED) is 0.759. The monoisotopic (exact) mass is 328 g/mol. The minimum Gasteiger partial charge on any atom is -0.325 e. The Morgan fingerprint density at radius 2 is 1.65 bits per heavy atom. The second-order valence-corrected chi connectivity index (χ2v) is 6.55. The van der Waals surface area contributed by atoms with E-state index in [0.29, 0.717) is 11.4 Å². The van der Waals surface area contributed by atoms with E-state index in [1.807, 2.05) is 36.4 Å². The Morgan fingerprint density at radius 3 is 2.30 bits per heavy atom. The van der Waals surface area contributed by atoms with Gasteiger partial charge in [0, 0.05) is 12.1 Å². The molecule has 0 radical (unpaired) electrons. The molecule has 0 bridgehead atoms. The summed E-state index contributed by atoms with van der Waals surface area (Å²) in [6.07, 6.45) is 0. The molecule has 0 saturated carbocycles. The number of rotatable bonds is 4. The van der Waals surface area contributed by atoms with Gasteiger partial charge in [-0.2, -0.15) is 5.10 Å². The number of primary sulfonamides is 1. The van der Waals surface area contributed by atoms with Crippen molar-refractivity contribution in [1.29, 1.82) is 0 Å². The zero-order chi connectivity index (χ0) is 16.4. The number of para-hydroxylation sites is 1. The average molecular weight is 328 g/mol. The predicted octanol–water partition coefficient (Wildman–Crippen LogP) is 1.65. The molecule has 118 valence electrons. The summed E-state index contributed by atoms with van der Waals surface area (Å²) in [6.45, 7) is 0.254. The van der Waals surface area contributed by atoms with E-state index in [-0.39, 0.29) is 11.4 Å². The van der Waals surface area contributed by atoms with E-state index in [2.05, 4.69) is 5.10 Å². The molecular weight excluding hydrogens is 312 g/mol. The second-order valence-electron chi connectivity index (χ2n) is 5.02. The molecule has 0 aliphatic carbocycles. The highest BCUT2D eigenvalue weighted by molar-refractivity contribution is 7.89. The zero-order valence-electron chi connectivity index (χ0n) is 12.3. The molecule has 0 saturated heterocycles. The normalized spacial score (nSPS) is 11.6. The van der Waals surface area contributed by atoms with Gasteiger partial charge in [0.1, 0.15) is 4.90 Å². The van der Waals surface area contributed by atoms with Gasteiger partial charge < -0.3 is 5.73 Å². The first-order chi connectivity index (χ1) is 11.0. The van der Waals surface area contributed by atoms with Crippen LogP contribution < -0.4 is 10.9 Å². The number of aromatic nitrogens is 2. The van der Waals surface area contributed by atoms with Gasteiger partial charge in [0.25, 0.3) is 0 Å². The van der Waals surface area contributed by atoms with Gasteiger partial charge in [-0.3, -0.25) is 0 Å². The SMILES string of the molecule is NCc1cc(-c2ccccc2)n(-c2ccccc2S(N)(=O)=O)n1. The number of hydrogen-bond donors (Lipinski definition) is 2. The van der Waals surface area contributed by atoms with Crippen LogP contribution >= 0.6 is 0 Å². The molecule has 6 nitrogen and oxygen atoms in total. The van der Waals surface area contributed by atoms with Crippen molar-refractivity contribution in [3.8, 4) is 16.9 Å². The molecule has 3 rings (SSSR count). The van der Waals surface area contributed by atoms with E-state index in [1.165, 1.54) is 6.07 Å². The van der Waals surface area contributed by atoms with E-state index in [1.54, 1.807) is 22.9 Å². The molecule has 23 heavy (non-hydrogen) atoms. The van der Waals surface area contributed by atoms with Gasteiger partial charge in [0.2, 0.25) is 10.0 Å². The van der Waals surface area contributed by atoms with Crippen LogP contribution in [-0.4, -0.2) is 18.2 Å². The topological polar surface area (TPSA) is 104 Å². The van der Waals surface area contributed by atoms with Crippen molar-refractivity contribution in [2.24, 2.45) is 10.9 Å². The fourth-order valence-corrected chi connectivity index (χ4v) is 3.12. The third-order valence-corrected chi connectivity index (χ3v) is 4.40. The van der Waals surface area contributed by atoms with E-state index < -0.39 is 10.0 Å². The smallest absolute Gasteiger partial charge is 0.240 e. The van der Waals surface area contributed by atoms with Crippen LogP contribution in [0.5, 0.6) is 0 Å². The van der Waals surface area contributed by atoms with Gasteiger partial charge in [-0.1, -0.05) is 42.5 Å². The van der Waals surface area contributed by atoms with Crippen molar-refractivity contribution < 1.29 is 8.42 Å². The van der Waals surface area contributed by atoms with Crippen LogP contribution in [-0.2, 0) is 16.6 Å². The molecule has 3 aromatic rings. The highest BCUT2D eigenvalue weighted by Crippen LogP contribution is 2.27. The summed E-state index contributed by atoms with van der Waals surface area (Å²) in [6, 6.07) is 17.9. The summed E-state index contributed by atoms with van der Waals surface area (Å²) < 4.78 is 25.3. The molecule has 4 N–H and O–H groups in total. The van der Waals surface area contributed by atoms with Crippen LogP contribution in [0.3, 0.4) is 0 Å². The Bertz CT molecular complexity index is 934. The maximum absolute atomic E-state index is 11.9. The van der Waals surface area contributed by atoms with Crippen LogP contribution in [0.15, 0.2) is 65.6 Å². The maximum atomic E-state index is 11.9. The van der Waals surface area contributed by atoms with Crippen molar-refractivity contribution >= 4 is 10.0 Å².